The minimum absolute atomic E-state index is 0. The molecular formula is C15H12BrN3. The van der Waals surface area contributed by atoms with Gasteiger partial charge in [0.15, 0.2) is 0 Å². The topological polar surface area (TPSA) is 32.1 Å². The van der Waals surface area contributed by atoms with E-state index in [4.69, 9.17) is 5.26 Å². The molecule has 3 aromatic rings. The third kappa shape index (κ3) is 2.67. The fourth-order valence-electron chi connectivity index (χ4n) is 2.06. The zero-order chi connectivity index (χ0) is 12.4. The maximum absolute atomic E-state index is 8.77. The molecule has 2 aromatic heterocycles. The Kier molecular flexibility index (Phi) is 3.98. The highest BCUT2D eigenvalue weighted by Gasteiger charge is 2.08. The molecule has 0 amide bonds. The highest BCUT2D eigenvalue weighted by atomic mass is 79.9. The molecule has 19 heavy (non-hydrogen) atoms. The zero-order valence-corrected chi connectivity index (χ0v) is 11.8. The van der Waals surface area contributed by atoms with E-state index in [0.29, 0.717) is 5.56 Å². The van der Waals surface area contributed by atoms with E-state index in [0.717, 1.165) is 12.2 Å². The predicted octanol–water partition coefficient (Wildman–Crippen LogP) is -0.849. The Morgan fingerprint density at radius 3 is 2.58 bits per heavy atom. The van der Waals surface area contributed by atoms with E-state index in [1.54, 1.807) is 0 Å². The number of rotatable bonds is 2. The lowest BCUT2D eigenvalue weighted by Gasteiger charge is -1.99. The van der Waals surface area contributed by atoms with Gasteiger partial charge in [0.2, 0.25) is 0 Å². The maximum Gasteiger partial charge on any atom is 0.286 e. The molecule has 0 radical (unpaired) electrons. The summed E-state index contributed by atoms with van der Waals surface area (Å²) in [5.74, 6) is 0. The van der Waals surface area contributed by atoms with Gasteiger partial charge in [-0.3, -0.25) is 0 Å². The molecule has 2 heterocycles. The standard InChI is InChI=1S/C15H12N3.BrH/c16-11-13-4-6-14(7-5-13)12-18-10-9-17-8-2-1-3-15(17)18;/h1-10H,12H2;1H/q+1;/p-1. The number of hydrogen-bond acceptors (Lipinski definition) is 1. The van der Waals surface area contributed by atoms with Crippen LogP contribution in [0.3, 0.4) is 0 Å². The lowest BCUT2D eigenvalue weighted by molar-refractivity contribution is -0.661. The second-order valence-corrected chi connectivity index (χ2v) is 4.20. The Balaban J connectivity index is 0.00000133. The summed E-state index contributed by atoms with van der Waals surface area (Å²) in [6.07, 6.45) is 6.14. The molecule has 0 unspecified atom stereocenters. The van der Waals surface area contributed by atoms with E-state index in [1.165, 1.54) is 5.56 Å². The minimum Gasteiger partial charge on any atom is -1.00 e. The zero-order valence-electron chi connectivity index (χ0n) is 10.2. The number of pyridine rings is 1. The summed E-state index contributed by atoms with van der Waals surface area (Å²) in [6, 6.07) is 16.0. The Morgan fingerprint density at radius 2 is 1.84 bits per heavy atom. The number of fused-ring (bicyclic) bond motifs is 1. The van der Waals surface area contributed by atoms with E-state index in [-0.39, 0.29) is 17.0 Å². The van der Waals surface area contributed by atoms with Crippen molar-refractivity contribution in [1.29, 1.82) is 5.26 Å². The fourth-order valence-corrected chi connectivity index (χ4v) is 2.06. The minimum atomic E-state index is 0. The van der Waals surface area contributed by atoms with E-state index >= 15 is 0 Å². The number of hydrogen-bond donors (Lipinski definition) is 0. The van der Waals surface area contributed by atoms with Gasteiger partial charge >= 0.3 is 0 Å². The summed E-state index contributed by atoms with van der Waals surface area (Å²) < 4.78 is 4.27. The molecule has 0 saturated carbocycles. The molecule has 3 nitrogen and oxygen atoms in total. The van der Waals surface area contributed by atoms with Gasteiger partial charge in [-0.25, -0.2) is 8.97 Å². The van der Waals surface area contributed by atoms with Crippen molar-refractivity contribution in [3.63, 3.8) is 0 Å². The number of benzene rings is 1. The van der Waals surface area contributed by atoms with Crippen LogP contribution in [0.2, 0.25) is 0 Å². The van der Waals surface area contributed by atoms with Gasteiger partial charge in [0, 0.05) is 6.07 Å². The quantitative estimate of drug-likeness (QED) is 0.567. The molecule has 0 aliphatic rings. The van der Waals surface area contributed by atoms with E-state index < -0.39 is 0 Å². The Labute approximate surface area is 122 Å². The first-order valence-corrected chi connectivity index (χ1v) is 5.81. The summed E-state index contributed by atoms with van der Waals surface area (Å²) >= 11 is 0. The van der Waals surface area contributed by atoms with Crippen LogP contribution >= 0.6 is 0 Å². The van der Waals surface area contributed by atoms with Gasteiger partial charge in [0.05, 0.1) is 17.8 Å². The summed E-state index contributed by atoms with van der Waals surface area (Å²) in [5.41, 5.74) is 3.04. The third-order valence-electron chi connectivity index (χ3n) is 3.01. The first-order chi connectivity index (χ1) is 8.86. The molecule has 3 rings (SSSR count). The second-order valence-electron chi connectivity index (χ2n) is 4.20. The first kappa shape index (κ1) is 13.3. The van der Waals surface area contributed by atoms with E-state index in [9.17, 15) is 0 Å². The Hall–Kier alpha value is -2.12. The van der Waals surface area contributed by atoms with Crippen LogP contribution in [0.1, 0.15) is 11.1 Å². The lowest BCUT2D eigenvalue weighted by atomic mass is 10.1. The second kappa shape index (κ2) is 5.68. The van der Waals surface area contributed by atoms with Crippen LogP contribution in [0.4, 0.5) is 0 Å². The molecule has 0 spiro atoms. The molecular weight excluding hydrogens is 302 g/mol. The van der Waals surface area contributed by atoms with Crippen LogP contribution in [-0.4, -0.2) is 4.40 Å². The largest absolute Gasteiger partial charge is 1.00 e. The van der Waals surface area contributed by atoms with Gasteiger partial charge in [-0.05, 0) is 23.8 Å². The Morgan fingerprint density at radius 1 is 1.05 bits per heavy atom. The first-order valence-electron chi connectivity index (χ1n) is 5.81. The van der Waals surface area contributed by atoms with Crippen molar-refractivity contribution in [2.24, 2.45) is 0 Å². The summed E-state index contributed by atoms with van der Waals surface area (Å²) in [5, 5.41) is 8.77. The number of halogens is 1. The highest BCUT2D eigenvalue weighted by molar-refractivity contribution is 5.33. The molecule has 0 atom stereocenters. The Bertz CT molecular complexity index is 723. The third-order valence-corrected chi connectivity index (χ3v) is 3.01. The predicted molar refractivity (Wildman–Crippen MR) is 67.9 cm³/mol. The molecule has 0 fully saturated rings. The summed E-state index contributed by atoms with van der Waals surface area (Å²) in [4.78, 5) is 0. The average molecular weight is 314 g/mol. The smallest absolute Gasteiger partial charge is 0.286 e. The van der Waals surface area contributed by atoms with Crippen LogP contribution < -0.4 is 21.5 Å². The summed E-state index contributed by atoms with van der Waals surface area (Å²) in [6.45, 7) is 0.812. The maximum atomic E-state index is 8.77. The van der Waals surface area contributed by atoms with Gasteiger partial charge in [0.25, 0.3) is 5.65 Å². The lowest BCUT2D eigenvalue weighted by Crippen LogP contribution is -3.00. The normalized spacial score (nSPS) is 9.84. The van der Waals surface area contributed by atoms with Crippen LogP contribution in [0.5, 0.6) is 0 Å². The van der Waals surface area contributed by atoms with Crippen molar-refractivity contribution in [1.82, 2.24) is 4.40 Å². The number of aromatic nitrogens is 2. The van der Waals surface area contributed by atoms with Crippen molar-refractivity contribution in [2.45, 2.75) is 6.54 Å². The van der Waals surface area contributed by atoms with Crippen molar-refractivity contribution in [3.05, 3.63) is 72.2 Å². The van der Waals surface area contributed by atoms with Gasteiger partial charge in [-0.1, -0.05) is 18.2 Å². The molecule has 0 N–H and O–H groups in total. The van der Waals surface area contributed by atoms with Crippen LogP contribution in [0.25, 0.3) is 5.65 Å². The van der Waals surface area contributed by atoms with Crippen molar-refractivity contribution in [3.8, 4) is 6.07 Å². The van der Waals surface area contributed by atoms with Crippen molar-refractivity contribution >= 4 is 5.65 Å². The molecule has 0 bridgehead atoms. The van der Waals surface area contributed by atoms with E-state index in [1.807, 2.05) is 48.8 Å². The van der Waals surface area contributed by atoms with E-state index in [2.05, 4.69) is 27.3 Å². The fraction of sp³-hybridized carbons (Fsp3) is 0.0667. The molecule has 94 valence electrons. The highest BCUT2D eigenvalue weighted by Crippen LogP contribution is 2.04. The van der Waals surface area contributed by atoms with Crippen molar-refractivity contribution in [2.75, 3.05) is 0 Å². The number of nitrogens with zero attached hydrogens (tertiary/aromatic N) is 3. The average Bonchev–Trinajstić information content (AvgIpc) is 2.83. The van der Waals surface area contributed by atoms with Gasteiger partial charge in [-0.2, -0.15) is 5.26 Å². The molecule has 0 aliphatic heterocycles. The van der Waals surface area contributed by atoms with Gasteiger partial charge in [0.1, 0.15) is 18.9 Å². The number of imidazole rings is 1. The molecule has 0 aliphatic carbocycles. The van der Waals surface area contributed by atoms with Gasteiger partial charge in [-0.15, -0.1) is 0 Å². The van der Waals surface area contributed by atoms with Crippen molar-refractivity contribution < 1.29 is 21.5 Å². The monoisotopic (exact) mass is 313 g/mol. The van der Waals surface area contributed by atoms with Crippen LogP contribution in [0.15, 0.2) is 61.1 Å². The van der Waals surface area contributed by atoms with Crippen LogP contribution in [0, 0.1) is 11.3 Å². The molecule has 4 heteroatoms. The molecule has 0 saturated heterocycles. The number of nitriles is 1. The summed E-state index contributed by atoms with van der Waals surface area (Å²) in [7, 11) is 0. The van der Waals surface area contributed by atoms with Gasteiger partial charge < -0.3 is 17.0 Å². The molecule has 1 aromatic carbocycles. The van der Waals surface area contributed by atoms with Crippen LogP contribution in [-0.2, 0) is 6.54 Å². The SMILES string of the molecule is N#Cc1ccc(C[n+]2ccn3ccccc32)cc1.[Br-].